The maximum Gasteiger partial charge on any atom is 0.251 e. The quantitative estimate of drug-likeness (QED) is 0.788. The molecule has 24 heavy (non-hydrogen) atoms. The monoisotopic (exact) mass is 325 g/mol. The summed E-state index contributed by atoms with van der Waals surface area (Å²) in [5, 5.41) is 2.96. The van der Waals surface area contributed by atoms with Gasteiger partial charge in [0, 0.05) is 31.1 Å². The molecule has 0 radical (unpaired) electrons. The highest BCUT2D eigenvalue weighted by Crippen LogP contribution is 2.22. The summed E-state index contributed by atoms with van der Waals surface area (Å²) in [5.74, 6) is 1.19. The number of aryl methyl sites for hydroxylation is 1. The predicted molar refractivity (Wildman–Crippen MR) is 94.1 cm³/mol. The molecule has 1 aliphatic rings. The van der Waals surface area contributed by atoms with Gasteiger partial charge in [-0.05, 0) is 47.9 Å². The maximum absolute atomic E-state index is 12.4. The van der Waals surface area contributed by atoms with E-state index in [1.807, 2.05) is 36.4 Å². The van der Waals surface area contributed by atoms with E-state index in [2.05, 4.69) is 29.2 Å². The average Bonchev–Trinajstić information content (AvgIpc) is 3.14. The fourth-order valence-corrected chi connectivity index (χ4v) is 3.02. The molecule has 2 aromatic carbocycles. The molecule has 0 bridgehead atoms. The number of carbonyl (C=O) groups is 1. The number of hydrogen-bond acceptors (Lipinski definition) is 4. The summed E-state index contributed by atoms with van der Waals surface area (Å²) < 4.78 is 5.20. The van der Waals surface area contributed by atoms with Crippen molar-refractivity contribution >= 4 is 5.91 Å². The van der Waals surface area contributed by atoms with Crippen LogP contribution < -0.4 is 20.9 Å². The van der Waals surface area contributed by atoms with Gasteiger partial charge in [-0.2, -0.15) is 0 Å². The van der Waals surface area contributed by atoms with E-state index in [-0.39, 0.29) is 5.91 Å². The topological polar surface area (TPSA) is 62.4 Å². The number of hydrogen-bond donors (Lipinski definition) is 3. The highest BCUT2D eigenvalue weighted by Gasteiger charge is 2.19. The minimum Gasteiger partial charge on any atom is -0.497 e. The summed E-state index contributed by atoms with van der Waals surface area (Å²) in [6, 6.07) is 13.6. The Kier molecular flexibility index (Phi) is 5.13. The molecule has 5 heteroatoms. The number of benzene rings is 2. The van der Waals surface area contributed by atoms with Gasteiger partial charge in [0.25, 0.3) is 5.91 Å². The van der Waals surface area contributed by atoms with E-state index in [1.54, 1.807) is 7.11 Å². The van der Waals surface area contributed by atoms with Crippen molar-refractivity contribution in [2.24, 2.45) is 0 Å². The Bertz CT molecular complexity index is 724. The summed E-state index contributed by atoms with van der Waals surface area (Å²) in [6.45, 7) is 4.38. The number of ether oxygens (including phenoxy) is 1. The minimum absolute atomic E-state index is 0.0601. The molecule has 1 aliphatic heterocycles. The standard InChI is InChI=1S/C19H23N3O2/c1-13-8-15(6-7-18(13)16-11-21-22-12-16)19(23)20-10-14-4-3-5-17(9-14)24-2/h3-9,16,21-22H,10-12H2,1-2H3,(H,20,23). The maximum atomic E-state index is 12.4. The van der Waals surface area contributed by atoms with Crippen molar-refractivity contribution in [2.75, 3.05) is 20.2 Å². The van der Waals surface area contributed by atoms with Crippen LogP contribution in [0.1, 0.15) is 33.0 Å². The van der Waals surface area contributed by atoms with Crippen molar-refractivity contribution in [3.05, 3.63) is 64.7 Å². The Balaban J connectivity index is 1.65. The molecular formula is C19H23N3O2. The molecule has 0 unspecified atom stereocenters. The van der Waals surface area contributed by atoms with Gasteiger partial charge in [0.1, 0.15) is 5.75 Å². The van der Waals surface area contributed by atoms with Gasteiger partial charge in [0.05, 0.1) is 7.11 Å². The van der Waals surface area contributed by atoms with Crippen molar-refractivity contribution < 1.29 is 9.53 Å². The summed E-state index contributed by atoms with van der Waals surface area (Å²) in [5.41, 5.74) is 10.4. The summed E-state index contributed by atoms with van der Waals surface area (Å²) >= 11 is 0. The molecule has 1 amide bonds. The van der Waals surface area contributed by atoms with Crippen LogP contribution in [-0.4, -0.2) is 26.1 Å². The number of methoxy groups -OCH3 is 1. The first-order valence-corrected chi connectivity index (χ1v) is 8.15. The van der Waals surface area contributed by atoms with E-state index in [0.717, 1.165) is 30.0 Å². The molecule has 3 N–H and O–H groups in total. The van der Waals surface area contributed by atoms with E-state index in [4.69, 9.17) is 4.74 Å². The SMILES string of the molecule is COc1cccc(CNC(=O)c2ccc(C3CNNC3)c(C)c2)c1. The van der Waals surface area contributed by atoms with Gasteiger partial charge in [-0.15, -0.1) is 0 Å². The lowest BCUT2D eigenvalue weighted by atomic mass is 9.94. The van der Waals surface area contributed by atoms with Crippen LogP contribution in [0.4, 0.5) is 0 Å². The largest absolute Gasteiger partial charge is 0.497 e. The zero-order valence-electron chi connectivity index (χ0n) is 14.1. The number of amides is 1. The molecule has 126 valence electrons. The molecule has 0 saturated carbocycles. The van der Waals surface area contributed by atoms with E-state index < -0.39 is 0 Å². The first-order valence-electron chi connectivity index (χ1n) is 8.15. The van der Waals surface area contributed by atoms with Crippen LogP contribution in [0.3, 0.4) is 0 Å². The van der Waals surface area contributed by atoms with E-state index >= 15 is 0 Å². The first-order chi connectivity index (χ1) is 11.7. The molecule has 2 aromatic rings. The van der Waals surface area contributed by atoms with E-state index in [9.17, 15) is 4.79 Å². The van der Waals surface area contributed by atoms with Gasteiger partial charge in [0.2, 0.25) is 0 Å². The Labute approximate surface area is 142 Å². The fraction of sp³-hybridized carbons (Fsp3) is 0.316. The van der Waals surface area contributed by atoms with Gasteiger partial charge in [-0.3, -0.25) is 15.6 Å². The van der Waals surface area contributed by atoms with Gasteiger partial charge in [-0.25, -0.2) is 0 Å². The van der Waals surface area contributed by atoms with Gasteiger partial charge >= 0.3 is 0 Å². The van der Waals surface area contributed by atoms with Gasteiger partial charge < -0.3 is 10.1 Å². The van der Waals surface area contributed by atoms with Crippen molar-refractivity contribution in [3.63, 3.8) is 0 Å². The highest BCUT2D eigenvalue weighted by molar-refractivity contribution is 5.94. The Morgan fingerprint density at radius 1 is 1.21 bits per heavy atom. The second-order valence-electron chi connectivity index (χ2n) is 6.06. The fourth-order valence-electron chi connectivity index (χ4n) is 3.02. The molecule has 0 aliphatic carbocycles. The molecule has 3 rings (SSSR count). The molecule has 0 spiro atoms. The van der Waals surface area contributed by atoms with Crippen molar-refractivity contribution in [2.45, 2.75) is 19.4 Å². The summed E-state index contributed by atoms with van der Waals surface area (Å²) in [7, 11) is 1.64. The molecule has 1 saturated heterocycles. The Morgan fingerprint density at radius 3 is 2.71 bits per heavy atom. The number of carbonyl (C=O) groups excluding carboxylic acids is 1. The van der Waals surface area contributed by atoms with Crippen LogP contribution in [0.25, 0.3) is 0 Å². The molecule has 1 fully saturated rings. The number of nitrogens with one attached hydrogen (secondary N) is 3. The third-order valence-electron chi connectivity index (χ3n) is 4.38. The van der Waals surface area contributed by atoms with Crippen LogP contribution in [0.15, 0.2) is 42.5 Å². The lowest BCUT2D eigenvalue weighted by molar-refractivity contribution is 0.0950. The number of rotatable bonds is 5. The molecule has 0 aromatic heterocycles. The third-order valence-corrected chi connectivity index (χ3v) is 4.38. The smallest absolute Gasteiger partial charge is 0.251 e. The Morgan fingerprint density at radius 2 is 2.00 bits per heavy atom. The average molecular weight is 325 g/mol. The van der Waals surface area contributed by atoms with E-state index in [0.29, 0.717) is 18.0 Å². The van der Waals surface area contributed by atoms with E-state index in [1.165, 1.54) is 5.56 Å². The molecule has 1 heterocycles. The third kappa shape index (κ3) is 3.75. The van der Waals surface area contributed by atoms with Crippen molar-refractivity contribution in [1.82, 2.24) is 16.2 Å². The van der Waals surface area contributed by atoms with Crippen molar-refractivity contribution in [3.8, 4) is 5.75 Å². The van der Waals surface area contributed by atoms with Crippen LogP contribution in [0.2, 0.25) is 0 Å². The van der Waals surface area contributed by atoms with Crippen molar-refractivity contribution in [1.29, 1.82) is 0 Å². The second-order valence-corrected chi connectivity index (χ2v) is 6.06. The lowest BCUT2D eigenvalue weighted by Gasteiger charge is -2.13. The predicted octanol–water partition coefficient (Wildman–Crippen LogP) is 2.13. The highest BCUT2D eigenvalue weighted by atomic mass is 16.5. The summed E-state index contributed by atoms with van der Waals surface area (Å²) in [6.07, 6.45) is 0. The molecule has 5 nitrogen and oxygen atoms in total. The van der Waals surface area contributed by atoms with Crippen LogP contribution in [0, 0.1) is 6.92 Å². The Hall–Kier alpha value is -2.37. The second kappa shape index (κ2) is 7.47. The van der Waals surface area contributed by atoms with Crippen LogP contribution in [-0.2, 0) is 6.54 Å². The lowest BCUT2D eigenvalue weighted by Crippen LogP contribution is -2.23. The normalized spacial score (nSPS) is 14.6. The van der Waals surface area contributed by atoms with Crippen LogP contribution >= 0.6 is 0 Å². The first kappa shape index (κ1) is 16.5. The van der Waals surface area contributed by atoms with Gasteiger partial charge in [-0.1, -0.05) is 18.2 Å². The molecular weight excluding hydrogens is 302 g/mol. The van der Waals surface area contributed by atoms with Crippen LogP contribution in [0.5, 0.6) is 5.75 Å². The van der Waals surface area contributed by atoms with Gasteiger partial charge in [0.15, 0.2) is 0 Å². The zero-order valence-corrected chi connectivity index (χ0v) is 14.1. The minimum atomic E-state index is -0.0601. The number of hydrazine groups is 1. The zero-order chi connectivity index (χ0) is 16.9. The summed E-state index contributed by atoms with van der Waals surface area (Å²) in [4.78, 5) is 12.4. The molecule has 0 atom stereocenters.